The van der Waals surface area contributed by atoms with Crippen molar-refractivity contribution in [3.8, 4) is 5.75 Å². The Balaban J connectivity index is 1.10. The first-order chi connectivity index (χ1) is 14.7. The van der Waals surface area contributed by atoms with Crippen LogP contribution in [-0.2, 0) is 32.4 Å². The van der Waals surface area contributed by atoms with E-state index in [1.54, 1.807) is 16.2 Å². The lowest BCUT2D eigenvalue weighted by molar-refractivity contribution is -1.02. The van der Waals surface area contributed by atoms with E-state index in [1.165, 1.54) is 32.9 Å². The molecule has 7 heteroatoms. The van der Waals surface area contributed by atoms with Crippen molar-refractivity contribution in [1.82, 2.24) is 9.97 Å². The van der Waals surface area contributed by atoms with Gasteiger partial charge in [-0.05, 0) is 48.6 Å². The van der Waals surface area contributed by atoms with E-state index in [0.29, 0.717) is 0 Å². The molecule has 3 aromatic rings. The number of hydrogen-bond donors (Lipinski definition) is 3. The number of quaternary nitrogens is 2. The van der Waals surface area contributed by atoms with Crippen LogP contribution in [0, 0.1) is 0 Å². The number of benzene rings is 1. The zero-order valence-corrected chi connectivity index (χ0v) is 18.0. The molecule has 1 aliphatic carbocycles. The normalized spacial score (nSPS) is 22.8. The Kier molecular flexibility index (Phi) is 4.62. The highest BCUT2D eigenvalue weighted by atomic mass is 32.1. The van der Waals surface area contributed by atoms with Crippen LogP contribution in [0.5, 0.6) is 5.75 Å². The Hall–Kier alpha value is -2.22. The molecule has 30 heavy (non-hydrogen) atoms. The van der Waals surface area contributed by atoms with E-state index in [9.17, 15) is 4.79 Å². The van der Waals surface area contributed by atoms with Crippen molar-refractivity contribution in [3.05, 3.63) is 55.9 Å². The van der Waals surface area contributed by atoms with E-state index >= 15 is 0 Å². The molecule has 3 N–H and O–H groups in total. The maximum atomic E-state index is 12.7. The Morgan fingerprint density at radius 3 is 2.77 bits per heavy atom. The molecule has 1 fully saturated rings. The first-order valence-corrected chi connectivity index (χ1v) is 12.0. The minimum absolute atomic E-state index is 0.0682. The van der Waals surface area contributed by atoms with Crippen molar-refractivity contribution in [1.29, 1.82) is 0 Å². The summed E-state index contributed by atoms with van der Waals surface area (Å²) in [5.41, 5.74) is 4.11. The van der Waals surface area contributed by atoms with Gasteiger partial charge in [0, 0.05) is 16.9 Å². The summed E-state index contributed by atoms with van der Waals surface area (Å²) >= 11 is 1.73. The maximum Gasteiger partial charge on any atom is 0.260 e. The summed E-state index contributed by atoms with van der Waals surface area (Å²) < 4.78 is 5.63. The van der Waals surface area contributed by atoms with Gasteiger partial charge in [-0.3, -0.25) is 4.79 Å². The lowest BCUT2D eigenvalue weighted by atomic mass is 10.1. The highest BCUT2D eigenvalue weighted by molar-refractivity contribution is 7.18. The minimum Gasteiger partial charge on any atom is -0.493 e. The summed E-state index contributed by atoms with van der Waals surface area (Å²) in [6.45, 7) is 7.27. The zero-order valence-electron chi connectivity index (χ0n) is 17.2. The number of aromatic amines is 1. The zero-order chi connectivity index (χ0) is 20.1. The molecular formula is C23H28N4O2S+2. The average Bonchev–Trinajstić information content (AvgIpc) is 3.44. The van der Waals surface area contributed by atoms with Crippen LogP contribution in [0.15, 0.2) is 23.0 Å². The minimum atomic E-state index is 0.0682. The van der Waals surface area contributed by atoms with Gasteiger partial charge in [0.25, 0.3) is 5.56 Å². The maximum absolute atomic E-state index is 12.7. The Morgan fingerprint density at radius 2 is 1.90 bits per heavy atom. The number of nitrogens with one attached hydrogen (secondary N) is 3. The Morgan fingerprint density at radius 1 is 1.07 bits per heavy atom. The molecule has 2 aromatic heterocycles. The van der Waals surface area contributed by atoms with E-state index in [4.69, 9.17) is 9.72 Å². The molecule has 0 spiro atoms. The van der Waals surface area contributed by atoms with Crippen molar-refractivity contribution < 1.29 is 14.5 Å². The van der Waals surface area contributed by atoms with Crippen LogP contribution in [0.4, 0.5) is 0 Å². The predicted octanol–water partition coefficient (Wildman–Crippen LogP) is -0.108. The molecule has 0 unspecified atom stereocenters. The predicted molar refractivity (Wildman–Crippen MR) is 117 cm³/mol. The van der Waals surface area contributed by atoms with E-state index in [0.717, 1.165) is 86.9 Å². The van der Waals surface area contributed by atoms with E-state index in [-0.39, 0.29) is 5.56 Å². The van der Waals surface area contributed by atoms with E-state index < -0.39 is 0 Å². The number of aryl methyl sites for hydroxylation is 2. The molecule has 1 aromatic carbocycles. The topological polar surface area (TPSA) is 63.9 Å². The smallest absolute Gasteiger partial charge is 0.260 e. The van der Waals surface area contributed by atoms with Gasteiger partial charge in [-0.2, -0.15) is 0 Å². The number of nitrogens with zero attached hydrogens (tertiary/aromatic N) is 1. The van der Waals surface area contributed by atoms with Gasteiger partial charge in [-0.1, -0.05) is 0 Å². The monoisotopic (exact) mass is 424 g/mol. The van der Waals surface area contributed by atoms with Crippen LogP contribution in [0.1, 0.15) is 33.8 Å². The summed E-state index contributed by atoms with van der Waals surface area (Å²) in [6.07, 6.45) is 4.36. The van der Waals surface area contributed by atoms with Crippen LogP contribution in [0.3, 0.4) is 0 Å². The fourth-order valence-electron chi connectivity index (χ4n) is 5.32. The number of piperazine rings is 1. The largest absolute Gasteiger partial charge is 0.493 e. The van der Waals surface area contributed by atoms with Crippen molar-refractivity contribution >= 4 is 21.6 Å². The molecule has 6 nitrogen and oxygen atoms in total. The van der Waals surface area contributed by atoms with Gasteiger partial charge in [0.05, 0.1) is 12.0 Å². The third-order valence-corrected chi connectivity index (χ3v) is 8.10. The van der Waals surface area contributed by atoms with Crippen molar-refractivity contribution in [2.45, 2.75) is 38.8 Å². The number of rotatable bonds is 4. The van der Waals surface area contributed by atoms with Crippen molar-refractivity contribution in [2.75, 3.05) is 32.8 Å². The molecule has 0 radical (unpaired) electrons. The molecule has 4 heterocycles. The number of H-pyrrole nitrogens is 1. The average molecular weight is 425 g/mol. The molecule has 2 aliphatic heterocycles. The van der Waals surface area contributed by atoms with Crippen molar-refractivity contribution in [2.24, 2.45) is 0 Å². The van der Waals surface area contributed by atoms with Gasteiger partial charge in [-0.25, -0.2) is 4.98 Å². The molecule has 3 aliphatic rings. The lowest BCUT2D eigenvalue weighted by Gasteiger charge is -2.29. The van der Waals surface area contributed by atoms with E-state index in [1.807, 2.05) is 0 Å². The number of thiophene rings is 1. The first kappa shape index (κ1) is 18.5. The fourth-order valence-corrected chi connectivity index (χ4v) is 6.60. The number of aromatic nitrogens is 2. The molecule has 6 rings (SSSR count). The summed E-state index contributed by atoms with van der Waals surface area (Å²) in [6, 6.07) is 6.69. The standard InChI is InChI=1S/C23H26N4O2S/c28-22-21-17-2-1-3-19(17)30-23(21)25-20(24-22)14-27-9-7-26(8-10-27)13-15-4-5-18-16(12-15)6-11-29-18/h4-5,12H,1-3,6-11,13-14H2,(H,24,25,28)/p+2. The molecule has 0 bridgehead atoms. The van der Waals surface area contributed by atoms with Gasteiger partial charge in [0.2, 0.25) is 0 Å². The van der Waals surface area contributed by atoms with Gasteiger partial charge < -0.3 is 19.5 Å². The molecular weight excluding hydrogens is 396 g/mol. The van der Waals surface area contributed by atoms with Crippen LogP contribution in [0.25, 0.3) is 10.2 Å². The third-order valence-electron chi connectivity index (χ3n) is 6.91. The van der Waals surface area contributed by atoms with Gasteiger partial charge in [0.1, 0.15) is 49.8 Å². The molecule has 1 saturated heterocycles. The second kappa shape index (κ2) is 7.48. The highest BCUT2D eigenvalue weighted by Gasteiger charge is 2.26. The summed E-state index contributed by atoms with van der Waals surface area (Å²) in [5.74, 6) is 1.92. The van der Waals surface area contributed by atoms with E-state index in [2.05, 4.69) is 23.2 Å². The number of ether oxygens (including phenoxy) is 1. The molecule has 0 saturated carbocycles. The van der Waals surface area contributed by atoms with Crippen LogP contribution >= 0.6 is 11.3 Å². The summed E-state index contributed by atoms with van der Waals surface area (Å²) in [7, 11) is 0. The molecule has 0 atom stereocenters. The number of fused-ring (bicyclic) bond motifs is 4. The first-order valence-electron chi connectivity index (χ1n) is 11.2. The second-order valence-electron chi connectivity index (χ2n) is 8.94. The number of hydrogen-bond acceptors (Lipinski definition) is 4. The second-order valence-corrected chi connectivity index (χ2v) is 10.0. The molecule has 156 valence electrons. The van der Waals surface area contributed by atoms with Gasteiger partial charge >= 0.3 is 0 Å². The lowest BCUT2D eigenvalue weighted by Crippen LogP contribution is -3.27. The van der Waals surface area contributed by atoms with Crippen molar-refractivity contribution in [3.63, 3.8) is 0 Å². The van der Waals surface area contributed by atoms with Gasteiger partial charge in [0.15, 0.2) is 5.82 Å². The highest BCUT2D eigenvalue weighted by Crippen LogP contribution is 2.34. The molecule has 0 amide bonds. The SMILES string of the molecule is O=c1[nH]c(C[NH+]2CC[NH+](Cc3ccc4c(c3)CCO4)CC2)nc2sc3c(c12)CCC3. The van der Waals surface area contributed by atoms with Gasteiger partial charge in [-0.15, -0.1) is 11.3 Å². The van der Waals surface area contributed by atoms with Crippen LogP contribution < -0.4 is 20.1 Å². The Bertz CT molecular complexity index is 1160. The van der Waals surface area contributed by atoms with Crippen LogP contribution in [0.2, 0.25) is 0 Å². The third kappa shape index (κ3) is 3.35. The summed E-state index contributed by atoms with van der Waals surface area (Å²) in [4.78, 5) is 26.1. The van der Waals surface area contributed by atoms with Crippen LogP contribution in [-0.4, -0.2) is 42.8 Å². The quantitative estimate of drug-likeness (QED) is 0.548. The summed E-state index contributed by atoms with van der Waals surface area (Å²) in [5, 5.41) is 0.861. The fraction of sp³-hybridized carbons (Fsp3) is 0.478. The Labute approximate surface area is 179 Å².